The Balaban J connectivity index is 1.53. The van der Waals surface area contributed by atoms with E-state index in [9.17, 15) is 4.79 Å². The normalized spacial score (nSPS) is 16.4. The minimum absolute atomic E-state index is 0.163. The van der Waals surface area contributed by atoms with E-state index in [0.29, 0.717) is 31.4 Å². The van der Waals surface area contributed by atoms with Gasteiger partial charge in [-0.2, -0.15) is 15.0 Å². The van der Waals surface area contributed by atoms with Crippen LogP contribution in [-0.4, -0.2) is 54.9 Å². The molecular weight excluding hydrogens is 312 g/mol. The molecule has 0 N–H and O–H groups in total. The number of ether oxygens (including phenoxy) is 1. The topological polar surface area (TPSA) is 99.2 Å². The van der Waals surface area contributed by atoms with Gasteiger partial charge in [-0.25, -0.2) is 4.79 Å². The molecule has 3 heterocycles. The van der Waals surface area contributed by atoms with Gasteiger partial charge in [0, 0.05) is 19.0 Å². The van der Waals surface area contributed by atoms with Gasteiger partial charge in [-0.15, -0.1) is 10.2 Å². The van der Waals surface area contributed by atoms with Crippen molar-refractivity contribution in [3.05, 3.63) is 24.2 Å². The number of rotatable bonds is 3. The van der Waals surface area contributed by atoms with Gasteiger partial charge >= 0.3 is 6.09 Å². The highest BCUT2D eigenvalue weighted by molar-refractivity contribution is 5.68. The molecule has 1 aliphatic heterocycles. The van der Waals surface area contributed by atoms with Crippen molar-refractivity contribution in [1.82, 2.24) is 30.1 Å². The number of amides is 1. The van der Waals surface area contributed by atoms with Gasteiger partial charge in [0.1, 0.15) is 12.1 Å². The summed E-state index contributed by atoms with van der Waals surface area (Å²) >= 11 is 0. The second-order valence-corrected chi connectivity index (χ2v) is 6.84. The molecule has 0 bridgehead atoms. The monoisotopic (exact) mass is 334 g/mol. The molecule has 2 aromatic rings. The van der Waals surface area contributed by atoms with Crippen LogP contribution in [0.1, 0.15) is 51.3 Å². The van der Waals surface area contributed by atoms with E-state index in [2.05, 4.69) is 20.4 Å². The molecule has 0 unspecified atom stereocenters. The van der Waals surface area contributed by atoms with E-state index in [1.807, 2.05) is 20.8 Å². The fourth-order valence-corrected chi connectivity index (χ4v) is 2.58. The van der Waals surface area contributed by atoms with E-state index >= 15 is 0 Å². The molecule has 9 nitrogen and oxygen atoms in total. The van der Waals surface area contributed by atoms with Crippen LogP contribution in [0.5, 0.6) is 0 Å². The van der Waals surface area contributed by atoms with Gasteiger partial charge in [-0.3, -0.25) is 0 Å². The number of carbonyl (C=O) groups is 1. The van der Waals surface area contributed by atoms with Crippen molar-refractivity contribution in [2.24, 2.45) is 0 Å². The summed E-state index contributed by atoms with van der Waals surface area (Å²) in [6, 6.07) is 0. The number of aromatic nitrogens is 5. The Morgan fingerprint density at radius 1 is 1.25 bits per heavy atom. The molecule has 9 heteroatoms. The lowest BCUT2D eigenvalue weighted by atomic mass is 9.97. The first-order valence-electron chi connectivity index (χ1n) is 8.05. The number of likely N-dealkylation sites (tertiary alicyclic amines) is 1. The summed E-state index contributed by atoms with van der Waals surface area (Å²) in [6.07, 6.45) is 4.49. The van der Waals surface area contributed by atoms with E-state index < -0.39 is 5.60 Å². The maximum atomic E-state index is 12.1. The average Bonchev–Trinajstić information content (AvgIpc) is 3.18. The van der Waals surface area contributed by atoms with Crippen LogP contribution < -0.4 is 0 Å². The highest BCUT2D eigenvalue weighted by atomic mass is 16.6. The summed E-state index contributed by atoms with van der Waals surface area (Å²) in [5.74, 6) is 1.26. The summed E-state index contributed by atoms with van der Waals surface area (Å²) in [6.45, 7) is 7.21. The van der Waals surface area contributed by atoms with Gasteiger partial charge in [-0.05, 0) is 33.6 Å². The van der Waals surface area contributed by atoms with Gasteiger partial charge in [0.2, 0.25) is 11.8 Å². The molecular formula is C15H22N6O3. The summed E-state index contributed by atoms with van der Waals surface area (Å²) in [4.78, 5) is 15.3. The predicted octanol–water partition coefficient (Wildman–Crippen LogP) is 1.82. The van der Waals surface area contributed by atoms with Gasteiger partial charge in [0.25, 0.3) is 0 Å². The van der Waals surface area contributed by atoms with Crippen molar-refractivity contribution in [1.29, 1.82) is 0 Å². The van der Waals surface area contributed by atoms with E-state index in [1.165, 1.54) is 4.80 Å². The summed E-state index contributed by atoms with van der Waals surface area (Å²) in [7, 11) is 0. The molecule has 3 rings (SSSR count). The van der Waals surface area contributed by atoms with Gasteiger partial charge in [0.15, 0.2) is 0 Å². The van der Waals surface area contributed by atoms with Crippen LogP contribution in [0.15, 0.2) is 16.8 Å². The Bertz CT molecular complexity index is 668. The van der Waals surface area contributed by atoms with Gasteiger partial charge in [-0.1, -0.05) is 0 Å². The Morgan fingerprint density at radius 2 is 1.92 bits per heavy atom. The van der Waals surface area contributed by atoms with Gasteiger partial charge in [0.05, 0.1) is 12.4 Å². The number of nitrogens with zero attached hydrogens (tertiary/aromatic N) is 6. The molecule has 0 radical (unpaired) electrons. The van der Waals surface area contributed by atoms with Gasteiger partial charge < -0.3 is 14.1 Å². The molecule has 0 aromatic carbocycles. The molecule has 24 heavy (non-hydrogen) atoms. The molecule has 1 amide bonds. The van der Waals surface area contributed by atoms with E-state index in [-0.39, 0.29) is 12.0 Å². The van der Waals surface area contributed by atoms with E-state index in [1.54, 1.807) is 17.3 Å². The lowest BCUT2D eigenvalue weighted by Gasteiger charge is -2.32. The number of piperidine rings is 1. The Labute approximate surface area is 140 Å². The lowest BCUT2D eigenvalue weighted by Crippen LogP contribution is -2.41. The van der Waals surface area contributed by atoms with Crippen LogP contribution >= 0.6 is 0 Å². The quantitative estimate of drug-likeness (QED) is 0.844. The van der Waals surface area contributed by atoms with Crippen LogP contribution in [0.4, 0.5) is 4.79 Å². The molecule has 1 fully saturated rings. The Hall–Kier alpha value is -2.45. The zero-order valence-electron chi connectivity index (χ0n) is 14.2. The molecule has 1 saturated heterocycles. The molecule has 2 aromatic heterocycles. The number of carbonyl (C=O) groups excluding carboxylic acids is 1. The van der Waals surface area contributed by atoms with Crippen LogP contribution in [0, 0.1) is 0 Å². The van der Waals surface area contributed by atoms with Crippen LogP contribution in [0.3, 0.4) is 0 Å². The van der Waals surface area contributed by atoms with Crippen molar-refractivity contribution >= 4 is 6.09 Å². The number of hydrogen-bond acceptors (Lipinski definition) is 7. The highest BCUT2D eigenvalue weighted by Gasteiger charge is 2.29. The second kappa shape index (κ2) is 6.58. The average molecular weight is 334 g/mol. The van der Waals surface area contributed by atoms with Crippen molar-refractivity contribution in [3.63, 3.8) is 0 Å². The zero-order chi connectivity index (χ0) is 17.2. The van der Waals surface area contributed by atoms with Crippen LogP contribution in [0.25, 0.3) is 0 Å². The minimum atomic E-state index is -0.476. The lowest BCUT2D eigenvalue weighted by molar-refractivity contribution is 0.0199. The van der Waals surface area contributed by atoms with Crippen LogP contribution in [0.2, 0.25) is 0 Å². The molecule has 0 spiro atoms. The summed E-state index contributed by atoms with van der Waals surface area (Å²) < 4.78 is 11.1. The maximum absolute atomic E-state index is 12.1. The van der Waals surface area contributed by atoms with E-state index in [0.717, 1.165) is 12.8 Å². The third kappa shape index (κ3) is 4.09. The smallest absolute Gasteiger partial charge is 0.410 e. The standard InChI is InChI=1S/C15H22N6O3/c1-15(2,3)24-14(22)20-8-4-11(5-9-20)13-19-18-12(23-13)10-21-16-6-7-17-21/h6-7,11H,4-5,8-10H2,1-3H3. The largest absolute Gasteiger partial charge is 0.444 e. The first-order chi connectivity index (χ1) is 11.4. The van der Waals surface area contributed by atoms with Crippen molar-refractivity contribution < 1.29 is 13.9 Å². The highest BCUT2D eigenvalue weighted by Crippen LogP contribution is 2.27. The molecule has 1 aliphatic rings. The van der Waals surface area contributed by atoms with Crippen molar-refractivity contribution in [2.45, 2.75) is 51.7 Å². The third-order valence-corrected chi connectivity index (χ3v) is 3.72. The second-order valence-electron chi connectivity index (χ2n) is 6.84. The summed E-state index contributed by atoms with van der Waals surface area (Å²) in [5, 5.41) is 16.2. The maximum Gasteiger partial charge on any atom is 0.410 e. The summed E-state index contributed by atoms with van der Waals surface area (Å²) in [5.41, 5.74) is -0.476. The fraction of sp³-hybridized carbons (Fsp3) is 0.667. The fourth-order valence-electron chi connectivity index (χ4n) is 2.58. The SMILES string of the molecule is CC(C)(C)OC(=O)N1CCC(c2nnc(Cn3nccn3)o2)CC1. The van der Waals surface area contributed by atoms with E-state index in [4.69, 9.17) is 9.15 Å². The van der Waals surface area contributed by atoms with Crippen molar-refractivity contribution in [2.75, 3.05) is 13.1 Å². The first-order valence-corrected chi connectivity index (χ1v) is 8.05. The minimum Gasteiger partial charge on any atom is -0.444 e. The molecule has 0 aliphatic carbocycles. The third-order valence-electron chi connectivity index (χ3n) is 3.72. The Kier molecular flexibility index (Phi) is 4.50. The zero-order valence-corrected chi connectivity index (χ0v) is 14.2. The molecule has 0 saturated carbocycles. The molecule has 130 valence electrons. The van der Waals surface area contributed by atoms with Crippen LogP contribution in [-0.2, 0) is 11.3 Å². The predicted molar refractivity (Wildman–Crippen MR) is 83.2 cm³/mol. The Morgan fingerprint density at radius 3 is 2.54 bits per heavy atom. The van der Waals surface area contributed by atoms with Crippen molar-refractivity contribution in [3.8, 4) is 0 Å². The first kappa shape index (κ1) is 16.4. The molecule has 0 atom stereocenters. The number of hydrogen-bond donors (Lipinski definition) is 0.